The van der Waals surface area contributed by atoms with Crippen LogP contribution in [0.4, 0.5) is 17.1 Å². The molecule has 10 aromatic rings. The Labute approximate surface area is 327 Å². The van der Waals surface area contributed by atoms with Crippen LogP contribution in [0.3, 0.4) is 0 Å². The van der Waals surface area contributed by atoms with Crippen LogP contribution in [-0.4, -0.2) is 4.57 Å². The zero-order valence-electron chi connectivity index (χ0n) is 30.8. The highest BCUT2D eigenvalue weighted by Crippen LogP contribution is 2.40. The van der Waals surface area contributed by atoms with E-state index >= 15 is 0 Å². The van der Waals surface area contributed by atoms with Crippen molar-refractivity contribution < 1.29 is 0 Å². The lowest BCUT2D eigenvalue weighted by molar-refractivity contribution is 1.18. The smallest absolute Gasteiger partial charge is 0.0561 e. The highest BCUT2D eigenvalue weighted by Gasteiger charge is 2.18. The molecule has 0 amide bonds. The second kappa shape index (κ2) is 14.4. The third-order valence-corrected chi connectivity index (χ3v) is 10.8. The Morgan fingerprint density at radius 3 is 1.23 bits per heavy atom. The Balaban J connectivity index is 1.04. The van der Waals surface area contributed by atoms with Crippen molar-refractivity contribution in [2.24, 2.45) is 0 Å². The number of rotatable bonds is 8. The Bertz CT molecular complexity index is 2930. The van der Waals surface area contributed by atoms with E-state index in [9.17, 15) is 0 Å². The fraction of sp³-hybridized carbons (Fsp3) is 0. The molecule has 0 aliphatic heterocycles. The first-order valence-electron chi connectivity index (χ1n) is 19.2. The van der Waals surface area contributed by atoms with Gasteiger partial charge in [0.1, 0.15) is 0 Å². The fourth-order valence-electron chi connectivity index (χ4n) is 8.02. The fourth-order valence-corrected chi connectivity index (χ4v) is 8.02. The van der Waals surface area contributed by atoms with Gasteiger partial charge in [-0.05, 0) is 111 Å². The highest BCUT2D eigenvalue weighted by atomic mass is 15.1. The third kappa shape index (κ3) is 6.24. The first-order chi connectivity index (χ1) is 27.8. The van der Waals surface area contributed by atoms with Gasteiger partial charge < -0.3 is 9.47 Å². The molecular formula is C54H38N2. The van der Waals surface area contributed by atoms with E-state index in [2.05, 4.69) is 240 Å². The molecule has 264 valence electrons. The van der Waals surface area contributed by atoms with E-state index in [-0.39, 0.29) is 0 Å². The maximum Gasteiger partial charge on any atom is 0.0561 e. The van der Waals surface area contributed by atoms with Crippen LogP contribution in [0.15, 0.2) is 231 Å². The van der Waals surface area contributed by atoms with E-state index in [0.717, 1.165) is 28.3 Å². The number of anilines is 3. The summed E-state index contributed by atoms with van der Waals surface area (Å²) in [4.78, 5) is 2.36. The number of hydrogen-bond donors (Lipinski definition) is 0. The molecule has 10 rings (SSSR count). The Morgan fingerprint density at radius 2 is 0.661 bits per heavy atom. The summed E-state index contributed by atoms with van der Waals surface area (Å²) in [7, 11) is 0. The normalized spacial score (nSPS) is 11.2. The molecule has 1 heterocycles. The minimum absolute atomic E-state index is 1.10. The minimum atomic E-state index is 1.10. The SMILES string of the molecule is c1ccc(-c2cccc(-c3ccc(N(c4ccccc4)c4ccc5c6ccccc6n(-c6ccc(-c7cccc(-c8ccccc8)c7)cc6)c5c4)cc3)c2)cc1. The summed E-state index contributed by atoms with van der Waals surface area (Å²) in [5, 5.41) is 2.47. The van der Waals surface area contributed by atoms with Gasteiger partial charge in [-0.15, -0.1) is 0 Å². The Morgan fingerprint density at radius 1 is 0.250 bits per heavy atom. The average Bonchev–Trinajstić information content (AvgIpc) is 3.61. The van der Waals surface area contributed by atoms with E-state index < -0.39 is 0 Å². The molecule has 0 fully saturated rings. The first kappa shape index (κ1) is 33.2. The third-order valence-electron chi connectivity index (χ3n) is 10.8. The summed E-state index contributed by atoms with van der Waals surface area (Å²) in [5.41, 5.74) is 16.4. The van der Waals surface area contributed by atoms with Gasteiger partial charge in [-0.1, -0.05) is 164 Å². The van der Waals surface area contributed by atoms with E-state index in [4.69, 9.17) is 0 Å². The minimum Gasteiger partial charge on any atom is -0.310 e. The van der Waals surface area contributed by atoms with Crippen molar-refractivity contribution in [1.29, 1.82) is 0 Å². The maximum atomic E-state index is 2.41. The van der Waals surface area contributed by atoms with Gasteiger partial charge in [-0.25, -0.2) is 0 Å². The van der Waals surface area contributed by atoms with Gasteiger partial charge in [0, 0.05) is 33.5 Å². The van der Waals surface area contributed by atoms with Crippen molar-refractivity contribution in [2.75, 3.05) is 4.90 Å². The largest absolute Gasteiger partial charge is 0.310 e. The van der Waals surface area contributed by atoms with Gasteiger partial charge in [0.15, 0.2) is 0 Å². The first-order valence-corrected chi connectivity index (χ1v) is 19.2. The summed E-state index contributed by atoms with van der Waals surface area (Å²) in [5.74, 6) is 0. The molecule has 2 nitrogen and oxygen atoms in total. The molecule has 56 heavy (non-hydrogen) atoms. The standard InChI is InChI=1S/C54H38N2/c1-4-14-39(15-5-1)43-18-12-20-45(36-43)41-26-30-48(31-27-41)55(47-22-8-3-9-23-47)50-34-35-52-51-24-10-11-25-53(51)56(54(52)38-50)49-32-28-42(29-33-49)46-21-13-19-44(37-46)40-16-6-2-7-17-40/h1-38H. The lowest BCUT2D eigenvalue weighted by atomic mass is 9.99. The molecule has 9 aromatic carbocycles. The van der Waals surface area contributed by atoms with Crippen molar-refractivity contribution in [1.82, 2.24) is 4.57 Å². The summed E-state index contributed by atoms with van der Waals surface area (Å²) < 4.78 is 2.41. The Kier molecular flexibility index (Phi) is 8.55. The Hall–Kier alpha value is -7.42. The molecule has 0 bridgehead atoms. The number of para-hydroxylation sites is 2. The molecule has 2 heteroatoms. The second-order valence-electron chi connectivity index (χ2n) is 14.2. The van der Waals surface area contributed by atoms with Gasteiger partial charge in [-0.3, -0.25) is 0 Å². The number of benzene rings is 9. The lowest BCUT2D eigenvalue weighted by Crippen LogP contribution is -2.10. The van der Waals surface area contributed by atoms with E-state index in [0.29, 0.717) is 0 Å². The predicted molar refractivity (Wildman–Crippen MR) is 237 cm³/mol. The van der Waals surface area contributed by atoms with E-state index in [1.54, 1.807) is 0 Å². The molecule has 0 aliphatic carbocycles. The summed E-state index contributed by atoms with van der Waals surface area (Å²) in [6, 6.07) is 83.0. The molecular weight excluding hydrogens is 677 g/mol. The zero-order chi connectivity index (χ0) is 37.3. The van der Waals surface area contributed by atoms with Crippen molar-refractivity contribution in [2.45, 2.75) is 0 Å². The predicted octanol–water partition coefficient (Wildman–Crippen LogP) is 14.9. The summed E-state index contributed by atoms with van der Waals surface area (Å²) in [6.45, 7) is 0. The molecule has 0 N–H and O–H groups in total. The summed E-state index contributed by atoms with van der Waals surface area (Å²) in [6.07, 6.45) is 0. The summed E-state index contributed by atoms with van der Waals surface area (Å²) >= 11 is 0. The lowest BCUT2D eigenvalue weighted by Gasteiger charge is -2.26. The molecule has 0 unspecified atom stereocenters. The second-order valence-corrected chi connectivity index (χ2v) is 14.2. The average molecular weight is 715 g/mol. The topological polar surface area (TPSA) is 8.17 Å². The molecule has 0 saturated carbocycles. The quantitative estimate of drug-likeness (QED) is 0.152. The van der Waals surface area contributed by atoms with Gasteiger partial charge in [0.05, 0.1) is 11.0 Å². The molecule has 1 aromatic heterocycles. The van der Waals surface area contributed by atoms with Crippen LogP contribution in [-0.2, 0) is 0 Å². The number of nitrogens with zero attached hydrogens (tertiary/aromatic N) is 2. The van der Waals surface area contributed by atoms with Gasteiger partial charge >= 0.3 is 0 Å². The molecule has 0 saturated heterocycles. The molecule has 0 atom stereocenters. The van der Waals surface area contributed by atoms with Crippen LogP contribution in [0.2, 0.25) is 0 Å². The van der Waals surface area contributed by atoms with Gasteiger partial charge in [0.25, 0.3) is 0 Å². The van der Waals surface area contributed by atoms with Crippen molar-refractivity contribution in [3.63, 3.8) is 0 Å². The maximum absolute atomic E-state index is 2.41. The number of hydrogen-bond acceptors (Lipinski definition) is 1. The molecule has 0 radical (unpaired) electrons. The molecule has 0 aliphatic rings. The number of aromatic nitrogens is 1. The van der Waals surface area contributed by atoms with Crippen molar-refractivity contribution in [3.05, 3.63) is 231 Å². The van der Waals surface area contributed by atoms with Gasteiger partial charge in [-0.2, -0.15) is 0 Å². The highest BCUT2D eigenvalue weighted by molar-refractivity contribution is 6.10. The van der Waals surface area contributed by atoms with Crippen LogP contribution in [0, 0.1) is 0 Å². The van der Waals surface area contributed by atoms with Gasteiger partial charge in [0.2, 0.25) is 0 Å². The molecule has 0 spiro atoms. The van der Waals surface area contributed by atoms with Crippen LogP contribution in [0.5, 0.6) is 0 Å². The van der Waals surface area contributed by atoms with Crippen molar-refractivity contribution >= 4 is 38.9 Å². The van der Waals surface area contributed by atoms with E-state index in [1.807, 2.05) is 0 Å². The van der Waals surface area contributed by atoms with Crippen LogP contribution >= 0.6 is 0 Å². The van der Waals surface area contributed by atoms with Crippen LogP contribution < -0.4 is 4.90 Å². The number of fused-ring (bicyclic) bond motifs is 3. The van der Waals surface area contributed by atoms with Crippen molar-refractivity contribution in [3.8, 4) is 50.2 Å². The monoisotopic (exact) mass is 714 g/mol. The zero-order valence-corrected chi connectivity index (χ0v) is 30.8. The van der Waals surface area contributed by atoms with E-state index in [1.165, 1.54) is 60.8 Å². The van der Waals surface area contributed by atoms with Crippen LogP contribution in [0.25, 0.3) is 72.0 Å². The van der Waals surface area contributed by atoms with Crippen LogP contribution in [0.1, 0.15) is 0 Å².